The molecule has 0 amide bonds. The second-order valence-corrected chi connectivity index (χ2v) is 12.6. The number of aromatic hydroxyl groups is 2. The summed E-state index contributed by atoms with van der Waals surface area (Å²) in [5.41, 5.74) is 3.46. The molecule has 2 unspecified atom stereocenters. The normalized spacial score (nSPS) is 21.6. The molecule has 0 aromatic heterocycles. The van der Waals surface area contributed by atoms with Crippen LogP contribution in [0.5, 0.6) is 11.5 Å². The van der Waals surface area contributed by atoms with Crippen LogP contribution < -0.4 is 0 Å². The standard InChI is InChI=1S/C33H36N2O5S/c36-31-15-11-27(12-16-31)23-34-29(19-25-7-3-1-4-8-25)21-33(38)22-30(20-26-9-5-2-6-10-26)35(41(34,39)40)24-28-13-17-32(37)18-14-28/h1-18,29-30,33,36-38H,19-24H2. The van der Waals surface area contributed by atoms with Crippen LogP contribution in [0.4, 0.5) is 0 Å². The Labute approximate surface area is 242 Å². The van der Waals surface area contributed by atoms with Gasteiger partial charge in [-0.15, -0.1) is 0 Å². The quantitative estimate of drug-likeness (QED) is 0.275. The van der Waals surface area contributed by atoms with E-state index in [9.17, 15) is 23.7 Å². The predicted octanol–water partition coefficient (Wildman–Crippen LogP) is 5.02. The van der Waals surface area contributed by atoms with Crippen LogP contribution in [-0.4, -0.2) is 50.5 Å². The molecule has 4 aromatic rings. The van der Waals surface area contributed by atoms with Crippen molar-refractivity contribution in [1.82, 2.24) is 8.61 Å². The Hall–Kier alpha value is -3.69. The lowest BCUT2D eigenvalue weighted by atomic mass is 9.94. The van der Waals surface area contributed by atoms with Gasteiger partial charge in [0.05, 0.1) is 6.10 Å². The van der Waals surface area contributed by atoms with Crippen molar-refractivity contribution in [2.75, 3.05) is 0 Å². The summed E-state index contributed by atoms with van der Waals surface area (Å²) < 4.78 is 32.7. The number of hydrogen-bond acceptors (Lipinski definition) is 5. The maximum Gasteiger partial charge on any atom is 0.283 e. The van der Waals surface area contributed by atoms with Crippen LogP contribution in [0.2, 0.25) is 0 Å². The molecule has 0 bridgehead atoms. The first-order chi connectivity index (χ1) is 19.8. The lowest BCUT2D eigenvalue weighted by molar-refractivity contribution is 0.0789. The molecule has 7 nitrogen and oxygen atoms in total. The second-order valence-electron chi connectivity index (χ2n) is 10.7. The summed E-state index contributed by atoms with van der Waals surface area (Å²) in [7, 11) is -4.07. The van der Waals surface area contributed by atoms with Gasteiger partial charge in [0, 0.05) is 25.2 Å². The van der Waals surface area contributed by atoms with Crippen LogP contribution in [-0.2, 0) is 36.1 Å². The highest BCUT2D eigenvalue weighted by Gasteiger charge is 2.42. The lowest BCUT2D eigenvalue weighted by Crippen LogP contribution is -2.55. The fraction of sp³-hybridized carbons (Fsp3) is 0.273. The zero-order chi connectivity index (χ0) is 28.8. The van der Waals surface area contributed by atoms with Crippen molar-refractivity contribution in [3.8, 4) is 11.5 Å². The summed E-state index contributed by atoms with van der Waals surface area (Å²) in [4.78, 5) is 0. The average Bonchev–Trinajstić information content (AvgIpc) is 2.96. The molecular weight excluding hydrogens is 536 g/mol. The molecule has 3 N–H and O–H groups in total. The van der Waals surface area contributed by atoms with Gasteiger partial charge in [0.25, 0.3) is 10.2 Å². The Morgan fingerprint density at radius 3 is 1.29 bits per heavy atom. The van der Waals surface area contributed by atoms with Crippen molar-refractivity contribution in [2.45, 2.75) is 57.0 Å². The van der Waals surface area contributed by atoms with Crippen LogP contribution in [0.3, 0.4) is 0 Å². The Morgan fingerprint density at radius 1 is 0.561 bits per heavy atom. The van der Waals surface area contributed by atoms with Crippen molar-refractivity contribution >= 4 is 10.2 Å². The molecule has 0 radical (unpaired) electrons. The van der Waals surface area contributed by atoms with Gasteiger partial charge in [-0.05, 0) is 72.2 Å². The summed E-state index contributed by atoms with van der Waals surface area (Å²) in [5, 5.41) is 31.1. The van der Waals surface area contributed by atoms with Gasteiger partial charge >= 0.3 is 0 Å². The number of nitrogens with zero attached hydrogens (tertiary/aromatic N) is 2. The van der Waals surface area contributed by atoms with Gasteiger partial charge in [-0.3, -0.25) is 0 Å². The van der Waals surface area contributed by atoms with Gasteiger partial charge in [-0.1, -0.05) is 84.9 Å². The number of rotatable bonds is 8. The zero-order valence-electron chi connectivity index (χ0n) is 22.8. The maximum atomic E-state index is 14.8. The fourth-order valence-electron chi connectivity index (χ4n) is 5.60. The van der Waals surface area contributed by atoms with E-state index in [1.54, 1.807) is 48.5 Å². The molecule has 1 heterocycles. The highest BCUT2D eigenvalue weighted by Crippen LogP contribution is 2.32. The summed E-state index contributed by atoms with van der Waals surface area (Å²) in [6, 6.07) is 31.6. The van der Waals surface area contributed by atoms with Crippen molar-refractivity contribution < 1.29 is 23.7 Å². The lowest BCUT2D eigenvalue weighted by Gasteiger charge is -2.42. The predicted molar refractivity (Wildman–Crippen MR) is 159 cm³/mol. The van der Waals surface area contributed by atoms with Crippen LogP contribution >= 0.6 is 0 Å². The van der Waals surface area contributed by atoms with Gasteiger partial charge in [-0.25, -0.2) is 0 Å². The van der Waals surface area contributed by atoms with Crippen molar-refractivity contribution in [1.29, 1.82) is 0 Å². The van der Waals surface area contributed by atoms with Crippen LogP contribution in [0.25, 0.3) is 0 Å². The number of aliphatic hydroxyl groups excluding tert-OH is 1. The molecule has 214 valence electrons. The van der Waals surface area contributed by atoms with E-state index < -0.39 is 28.4 Å². The molecular formula is C33H36N2O5S. The van der Waals surface area contributed by atoms with E-state index in [2.05, 4.69) is 0 Å². The molecule has 1 aliphatic heterocycles. The van der Waals surface area contributed by atoms with E-state index in [1.807, 2.05) is 60.7 Å². The third-order valence-electron chi connectivity index (χ3n) is 7.67. The number of phenolic OH excluding ortho intramolecular Hbond substituents is 2. The highest BCUT2D eigenvalue weighted by atomic mass is 32.2. The molecule has 8 heteroatoms. The largest absolute Gasteiger partial charge is 0.508 e. The van der Waals surface area contributed by atoms with E-state index in [1.165, 1.54) is 8.61 Å². The van der Waals surface area contributed by atoms with E-state index in [4.69, 9.17) is 0 Å². The van der Waals surface area contributed by atoms with E-state index in [0.29, 0.717) is 25.7 Å². The Bertz CT molecular complexity index is 1390. The molecule has 5 rings (SSSR count). The molecule has 0 aliphatic carbocycles. The number of phenols is 2. The van der Waals surface area contributed by atoms with Crippen LogP contribution in [0, 0.1) is 0 Å². The maximum absolute atomic E-state index is 14.8. The molecule has 1 saturated heterocycles. The van der Waals surface area contributed by atoms with Gasteiger partial charge in [0.15, 0.2) is 0 Å². The second kappa shape index (κ2) is 12.9. The minimum atomic E-state index is -4.07. The monoisotopic (exact) mass is 572 g/mol. The van der Waals surface area contributed by atoms with Crippen molar-refractivity contribution in [3.05, 3.63) is 131 Å². The minimum Gasteiger partial charge on any atom is -0.508 e. The number of hydrogen-bond donors (Lipinski definition) is 3. The molecule has 2 atom stereocenters. The molecule has 0 saturated carbocycles. The first-order valence-corrected chi connectivity index (χ1v) is 15.3. The average molecular weight is 573 g/mol. The molecule has 1 fully saturated rings. The Kier molecular flexibility index (Phi) is 9.05. The topological polar surface area (TPSA) is 101 Å². The zero-order valence-corrected chi connectivity index (χ0v) is 23.6. The summed E-state index contributed by atoms with van der Waals surface area (Å²) in [5.74, 6) is 0.217. The van der Waals surface area contributed by atoms with Gasteiger partial charge in [-0.2, -0.15) is 17.0 Å². The summed E-state index contributed by atoms with van der Waals surface area (Å²) in [6.45, 7) is 0.188. The van der Waals surface area contributed by atoms with Gasteiger partial charge in [0.1, 0.15) is 11.5 Å². The molecule has 41 heavy (non-hydrogen) atoms. The van der Waals surface area contributed by atoms with Gasteiger partial charge < -0.3 is 15.3 Å². The SMILES string of the molecule is O=S1(=O)N(Cc2ccc(O)cc2)C(Cc2ccccc2)CC(O)CC(Cc2ccccc2)N1Cc1ccc(O)cc1. The minimum absolute atomic E-state index is 0.0942. The first kappa shape index (κ1) is 28.8. The number of benzene rings is 4. The molecule has 1 aliphatic rings. The fourth-order valence-corrected chi connectivity index (χ4v) is 7.57. The van der Waals surface area contributed by atoms with E-state index in [-0.39, 0.29) is 24.6 Å². The third kappa shape index (κ3) is 7.34. The van der Waals surface area contributed by atoms with Gasteiger partial charge in [0.2, 0.25) is 0 Å². The smallest absolute Gasteiger partial charge is 0.283 e. The Balaban J connectivity index is 1.59. The van der Waals surface area contributed by atoms with E-state index >= 15 is 0 Å². The first-order valence-electron chi connectivity index (χ1n) is 13.9. The summed E-state index contributed by atoms with van der Waals surface area (Å²) in [6.07, 6.45) is 0.768. The number of aliphatic hydroxyl groups is 1. The highest BCUT2D eigenvalue weighted by molar-refractivity contribution is 7.86. The van der Waals surface area contributed by atoms with Crippen molar-refractivity contribution in [2.24, 2.45) is 0 Å². The van der Waals surface area contributed by atoms with Crippen molar-refractivity contribution in [3.63, 3.8) is 0 Å². The summed E-state index contributed by atoms with van der Waals surface area (Å²) >= 11 is 0. The molecule has 0 spiro atoms. The van der Waals surface area contributed by atoms with Crippen LogP contribution in [0.15, 0.2) is 109 Å². The molecule has 4 aromatic carbocycles. The third-order valence-corrected chi connectivity index (χ3v) is 9.71. The van der Waals surface area contributed by atoms with Crippen LogP contribution in [0.1, 0.15) is 35.1 Å². The van der Waals surface area contributed by atoms with E-state index in [0.717, 1.165) is 22.3 Å². The Morgan fingerprint density at radius 2 is 0.927 bits per heavy atom.